The summed E-state index contributed by atoms with van der Waals surface area (Å²) in [7, 11) is 0. The van der Waals surface area contributed by atoms with E-state index in [1.165, 1.54) is 5.56 Å². The van der Waals surface area contributed by atoms with Gasteiger partial charge in [0.05, 0.1) is 0 Å². The van der Waals surface area contributed by atoms with Crippen molar-refractivity contribution in [3.8, 4) is 0 Å². The molecule has 1 atom stereocenters. The minimum absolute atomic E-state index is 0.252. The second kappa shape index (κ2) is 6.95. The number of aryl methyl sites for hydroxylation is 2. The highest BCUT2D eigenvalue weighted by Crippen LogP contribution is 2.21. The van der Waals surface area contributed by atoms with Crippen LogP contribution in [0.1, 0.15) is 35.6 Å². The second-order valence-electron chi connectivity index (χ2n) is 4.91. The lowest BCUT2D eigenvalue weighted by Gasteiger charge is -2.20. The smallest absolute Gasteiger partial charge is 0.0423 e. The molecule has 4 heteroatoms. The Labute approximate surface area is 129 Å². The van der Waals surface area contributed by atoms with E-state index in [1.807, 2.05) is 19.2 Å². The van der Waals surface area contributed by atoms with Gasteiger partial charge in [-0.3, -0.25) is 9.97 Å². The minimum Gasteiger partial charge on any atom is -0.310 e. The zero-order chi connectivity index (χ0) is 14.5. The first-order valence-corrected chi connectivity index (χ1v) is 7.67. The van der Waals surface area contributed by atoms with Crippen LogP contribution in [-0.4, -0.2) is 16.5 Å². The monoisotopic (exact) mass is 333 g/mol. The van der Waals surface area contributed by atoms with Crippen LogP contribution in [0.25, 0.3) is 0 Å². The van der Waals surface area contributed by atoms with Gasteiger partial charge in [0.25, 0.3) is 0 Å². The van der Waals surface area contributed by atoms with Crippen molar-refractivity contribution in [3.05, 3.63) is 57.6 Å². The number of rotatable bonds is 5. The van der Waals surface area contributed by atoms with E-state index in [4.69, 9.17) is 0 Å². The van der Waals surface area contributed by atoms with Crippen molar-refractivity contribution in [1.29, 1.82) is 0 Å². The average Bonchev–Trinajstić information content (AvgIpc) is 2.41. The van der Waals surface area contributed by atoms with Gasteiger partial charge in [-0.15, -0.1) is 0 Å². The molecular weight excluding hydrogens is 314 g/mol. The minimum atomic E-state index is 0.252. The molecule has 2 heterocycles. The van der Waals surface area contributed by atoms with E-state index in [-0.39, 0.29) is 6.04 Å². The predicted molar refractivity (Wildman–Crippen MR) is 85.8 cm³/mol. The van der Waals surface area contributed by atoms with Crippen molar-refractivity contribution >= 4 is 15.9 Å². The van der Waals surface area contributed by atoms with Gasteiger partial charge in [-0.05, 0) is 60.1 Å². The molecule has 0 amide bonds. The third-order valence-electron chi connectivity index (χ3n) is 3.29. The summed E-state index contributed by atoms with van der Waals surface area (Å²) in [6.07, 6.45) is 2.71. The molecule has 106 valence electrons. The number of nitrogens with one attached hydrogen (secondary N) is 1. The van der Waals surface area contributed by atoms with Crippen LogP contribution in [0.4, 0.5) is 0 Å². The summed E-state index contributed by atoms with van der Waals surface area (Å²) in [5, 5.41) is 3.53. The lowest BCUT2D eigenvalue weighted by molar-refractivity contribution is 0.539. The van der Waals surface area contributed by atoms with Crippen LogP contribution < -0.4 is 5.32 Å². The molecule has 0 aliphatic carbocycles. The van der Waals surface area contributed by atoms with Crippen molar-refractivity contribution < 1.29 is 0 Å². The van der Waals surface area contributed by atoms with E-state index in [1.54, 1.807) is 0 Å². The molecule has 1 N–H and O–H groups in total. The largest absolute Gasteiger partial charge is 0.310 e. The first-order chi connectivity index (χ1) is 9.60. The summed E-state index contributed by atoms with van der Waals surface area (Å²) in [6, 6.07) is 8.59. The van der Waals surface area contributed by atoms with Crippen LogP contribution in [0.3, 0.4) is 0 Å². The predicted octanol–water partition coefficient (Wildman–Crippen LogP) is 3.75. The number of hydrogen-bond donors (Lipinski definition) is 1. The second-order valence-corrected chi connectivity index (χ2v) is 5.83. The topological polar surface area (TPSA) is 37.8 Å². The lowest BCUT2D eigenvalue weighted by atomic mass is 10.00. The number of hydrogen-bond acceptors (Lipinski definition) is 3. The molecule has 0 spiro atoms. The van der Waals surface area contributed by atoms with Crippen LogP contribution in [-0.2, 0) is 6.42 Å². The van der Waals surface area contributed by atoms with E-state index >= 15 is 0 Å². The maximum absolute atomic E-state index is 4.56. The summed E-state index contributed by atoms with van der Waals surface area (Å²) in [6.45, 7) is 7.14. The van der Waals surface area contributed by atoms with E-state index < -0.39 is 0 Å². The summed E-state index contributed by atoms with van der Waals surface area (Å²) in [5.41, 5.74) is 4.48. The average molecular weight is 334 g/mol. The highest BCUT2D eigenvalue weighted by molar-refractivity contribution is 9.10. The fourth-order valence-corrected chi connectivity index (χ4v) is 2.57. The van der Waals surface area contributed by atoms with Crippen molar-refractivity contribution in [2.24, 2.45) is 0 Å². The molecule has 20 heavy (non-hydrogen) atoms. The van der Waals surface area contributed by atoms with E-state index in [0.29, 0.717) is 0 Å². The quantitative estimate of drug-likeness (QED) is 0.905. The maximum atomic E-state index is 4.56. The first-order valence-electron chi connectivity index (χ1n) is 6.88. The zero-order valence-corrected chi connectivity index (χ0v) is 13.7. The van der Waals surface area contributed by atoms with Gasteiger partial charge in [0.2, 0.25) is 0 Å². The van der Waals surface area contributed by atoms with E-state index in [2.05, 4.69) is 63.3 Å². The van der Waals surface area contributed by atoms with Gasteiger partial charge in [0.15, 0.2) is 0 Å². The van der Waals surface area contributed by atoms with Gasteiger partial charge in [0, 0.05) is 40.2 Å². The Morgan fingerprint density at radius 2 is 2.00 bits per heavy atom. The van der Waals surface area contributed by atoms with E-state index in [0.717, 1.165) is 34.5 Å². The Balaban J connectivity index is 2.24. The molecule has 0 saturated heterocycles. The molecule has 0 fully saturated rings. The fraction of sp³-hybridized carbons (Fsp3) is 0.375. The molecule has 3 nitrogen and oxygen atoms in total. The lowest BCUT2D eigenvalue weighted by Crippen LogP contribution is -2.24. The third-order valence-corrected chi connectivity index (χ3v) is 3.76. The summed E-state index contributed by atoms with van der Waals surface area (Å²) in [5.74, 6) is 0. The fourth-order valence-electron chi connectivity index (χ4n) is 2.34. The van der Waals surface area contributed by atoms with Gasteiger partial charge in [0.1, 0.15) is 0 Å². The molecule has 2 rings (SSSR count). The van der Waals surface area contributed by atoms with Gasteiger partial charge in [-0.1, -0.05) is 13.0 Å². The number of halogens is 1. The Bertz CT molecular complexity index is 566. The Kier molecular flexibility index (Phi) is 5.26. The number of aromatic nitrogens is 2. The number of pyridine rings is 2. The third kappa shape index (κ3) is 3.87. The van der Waals surface area contributed by atoms with Crippen molar-refractivity contribution in [3.63, 3.8) is 0 Å². The number of nitrogens with zero attached hydrogens (tertiary/aromatic N) is 2. The number of likely N-dealkylation sites (N-methyl/N-ethyl adjacent to an activating group) is 1. The molecule has 2 aromatic rings. The Morgan fingerprint density at radius 1 is 1.20 bits per heavy atom. The van der Waals surface area contributed by atoms with Gasteiger partial charge in [-0.2, -0.15) is 0 Å². The molecule has 0 aliphatic heterocycles. The van der Waals surface area contributed by atoms with Crippen LogP contribution in [0.5, 0.6) is 0 Å². The summed E-state index contributed by atoms with van der Waals surface area (Å²) >= 11 is 3.42. The van der Waals surface area contributed by atoms with Gasteiger partial charge in [-0.25, -0.2) is 0 Å². The molecule has 0 bridgehead atoms. The van der Waals surface area contributed by atoms with Crippen LogP contribution in [0.15, 0.2) is 34.9 Å². The van der Waals surface area contributed by atoms with Crippen molar-refractivity contribution in [1.82, 2.24) is 15.3 Å². The van der Waals surface area contributed by atoms with Gasteiger partial charge >= 0.3 is 0 Å². The maximum Gasteiger partial charge on any atom is 0.0423 e. The van der Waals surface area contributed by atoms with Crippen LogP contribution in [0, 0.1) is 13.8 Å². The molecule has 0 aliphatic rings. The van der Waals surface area contributed by atoms with Crippen molar-refractivity contribution in [2.75, 3.05) is 6.54 Å². The molecule has 0 radical (unpaired) electrons. The Hall–Kier alpha value is -1.26. The standard InChI is InChI=1S/C16H20BrN3/c1-4-18-16(9-14-7-6-13(17)10-19-14)15-8-5-11(2)20-12(15)3/h5-8,10,16,18H,4,9H2,1-3H3. The zero-order valence-electron chi connectivity index (χ0n) is 12.2. The highest BCUT2D eigenvalue weighted by atomic mass is 79.9. The SMILES string of the molecule is CCNC(Cc1ccc(Br)cn1)c1ccc(C)nc1C. The molecule has 1 unspecified atom stereocenters. The van der Waals surface area contributed by atoms with Gasteiger partial charge < -0.3 is 5.32 Å². The molecule has 2 aromatic heterocycles. The van der Waals surface area contributed by atoms with E-state index in [9.17, 15) is 0 Å². The normalized spacial score (nSPS) is 12.4. The Morgan fingerprint density at radius 3 is 2.60 bits per heavy atom. The molecule has 0 saturated carbocycles. The summed E-state index contributed by atoms with van der Waals surface area (Å²) in [4.78, 5) is 9.03. The molecule has 0 aromatic carbocycles. The van der Waals surface area contributed by atoms with Crippen LogP contribution >= 0.6 is 15.9 Å². The van der Waals surface area contributed by atoms with Crippen LogP contribution in [0.2, 0.25) is 0 Å². The molecular formula is C16H20BrN3. The highest BCUT2D eigenvalue weighted by Gasteiger charge is 2.15. The van der Waals surface area contributed by atoms with Crippen molar-refractivity contribution in [2.45, 2.75) is 33.2 Å². The first kappa shape index (κ1) is 15.1. The summed E-state index contributed by atoms with van der Waals surface area (Å²) < 4.78 is 1.01.